The number of carbonyl (C=O) groups excluding carboxylic acids is 2. The lowest BCUT2D eigenvalue weighted by Gasteiger charge is -2.25. The molecule has 1 aromatic heterocycles. The summed E-state index contributed by atoms with van der Waals surface area (Å²) in [6.07, 6.45) is 3.01. The van der Waals surface area contributed by atoms with Gasteiger partial charge in [-0.05, 0) is 54.5 Å². The van der Waals surface area contributed by atoms with Gasteiger partial charge in [0.1, 0.15) is 5.75 Å². The van der Waals surface area contributed by atoms with E-state index in [2.05, 4.69) is 4.98 Å². The number of hydrogen-bond donors (Lipinski definition) is 1. The van der Waals surface area contributed by atoms with E-state index in [9.17, 15) is 14.7 Å². The van der Waals surface area contributed by atoms with Gasteiger partial charge in [0.05, 0.1) is 42.7 Å². The van der Waals surface area contributed by atoms with Crippen molar-refractivity contribution < 1.29 is 28.9 Å². The molecule has 2 heterocycles. The van der Waals surface area contributed by atoms with Gasteiger partial charge in [-0.15, -0.1) is 0 Å². The molecule has 0 radical (unpaired) electrons. The first-order valence-electron chi connectivity index (χ1n) is 12.2. The van der Waals surface area contributed by atoms with E-state index in [0.717, 1.165) is 10.3 Å². The fraction of sp³-hybridized carbons (Fsp3) is 0.167. The number of carbonyl (C=O) groups is 2. The van der Waals surface area contributed by atoms with Gasteiger partial charge in [-0.1, -0.05) is 53.8 Å². The number of rotatable bonds is 9. The van der Waals surface area contributed by atoms with Gasteiger partial charge in [-0.2, -0.15) is 0 Å². The normalized spacial score (nSPS) is 15.4. The fourth-order valence-electron chi connectivity index (χ4n) is 4.45. The lowest BCUT2D eigenvalue weighted by atomic mass is 9.95. The zero-order valence-electron chi connectivity index (χ0n) is 21.6. The fourth-order valence-corrected chi connectivity index (χ4v) is 5.47. The highest BCUT2D eigenvalue weighted by molar-refractivity contribution is 7.22. The molecule has 1 unspecified atom stereocenters. The average molecular weight is 543 g/mol. The van der Waals surface area contributed by atoms with E-state index in [4.69, 9.17) is 14.2 Å². The highest BCUT2D eigenvalue weighted by Crippen LogP contribution is 2.45. The largest absolute Gasteiger partial charge is 0.503 e. The monoisotopic (exact) mass is 542 g/mol. The zero-order valence-corrected chi connectivity index (χ0v) is 22.4. The van der Waals surface area contributed by atoms with Crippen LogP contribution in [0.5, 0.6) is 17.2 Å². The molecule has 198 valence electrons. The van der Waals surface area contributed by atoms with E-state index in [-0.39, 0.29) is 5.57 Å². The summed E-state index contributed by atoms with van der Waals surface area (Å²) in [7, 11) is 3.09. The van der Waals surface area contributed by atoms with Crippen molar-refractivity contribution in [3.8, 4) is 17.2 Å². The van der Waals surface area contributed by atoms with Crippen LogP contribution in [0.2, 0.25) is 0 Å². The number of ether oxygens (including phenoxy) is 3. The van der Waals surface area contributed by atoms with Crippen molar-refractivity contribution in [2.24, 2.45) is 0 Å². The first-order chi connectivity index (χ1) is 18.9. The summed E-state index contributed by atoms with van der Waals surface area (Å²) in [5.41, 5.74) is 1.98. The van der Waals surface area contributed by atoms with Gasteiger partial charge in [0.25, 0.3) is 5.91 Å². The SMILES string of the molecule is CCOc1ccc(C2C(C(=O)C=Cc3ccccc3)=C(O)C(=O)N2c2nc3ccc(OC)cc3s2)cc1OC. The summed E-state index contributed by atoms with van der Waals surface area (Å²) in [4.78, 5) is 33.1. The van der Waals surface area contributed by atoms with Crippen LogP contribution in [0.25, 0.3) is 16.3 Å². The number of allylic oxidation sites excluding steroid dienone is 1. The number of fused-ring (bicyclic) bond motifs is 1. The molecule has 0 spiro atoms. The molecule has 1 atom stereocenters. The predicted molar refractivity (Wildman–Crippen MR) is 151 cm³/mol. The molecule has 0 bridgehead atoms. The highest BCUT2D eigenvalue weighted by Gasteiger charge is 2.45. The predicted octanol–water partition coefficient (Wildman–Crippen LogP) is 5.89. The first-order valence-corrected chi connectivity index (χ1v) is 13.1. The molecule has 1 aliphatic heterocycles. The molecule has 0 aliphatic carbocycles. The Morgan fingerprint density at radius 3 is 2.56 bits per heavy atom. The van der Waals surface area contributed by atoms with Gasteiger partial charge in [-0.25, -0.2) is 4.98 Å². The Hall–Kier alpha value is -4.63. The van der Waals surface area contributed by atoms with Crippen LogP contribution in [0.4, 0.5) is 5.13 Å². The maximum atomic E-state index is 13.5. The maximum Gasteiger partial charge on any atom is 0.296 e. The summed E-state index contributed by atoms with van der Waals surface area (Å²) in [5.74, 6) is -0.206. The number of aliphatic hydroxyl groups excluding tert-OH is 1. The van der Waals surface area contributed by atoms with Crippen LogP contribution in [-0.2, 0) is 9.59 Å². The van der Waals surface area contributed by atoms with Crippen LogP contribution in [0.15, 0.2) is 84.1 Å². The third-order valence-electron chi connectivity index (χ3n) is 6.29. The minimum absolute atomic E-state index is 0.0461. The lowest BCUT2D eigenvalue weighted by molar-refractivity contribution is -0.117. The van der Waals surface area contributed by atoms with Gasteiger partial charge < -0.3 is 19.3 Å². The van der Waals surface area contributed by atoms with Crippen molar-refractivity contribution in [1.29, 1.82) is 0 Å². The van der Waals surface area contributed by atoms with Crippen LogP contribution in [0.1, 0.15) is 24.1 Å². The second-order valence-corrected chi connectivity index (χ2v) is 9.63. The van der Waals surface area contributed by atoms with Crippen molar-refractivity contribution in [2.45, 2.75) is 13.0 Å². The van der Waals surface area contributed by atoms with Gasteiger partial charge >= 0.3 is 0 Å². The smallest absolute Gasteiger partial charge is 0.296 e. The summed E-state index contributed by atoms with van der Waals surface area (Å²) in [6, 6.07) is 19.0. The molecular formula is C30H26N2O6S. The zero-order chi connectivity index (χ0) is 27.5. The summed E-state index contributed by atoms with van der Waals surface area (Å²) in [5, 5.41) is 11.4. The quantitative estimate of drug-likeness (QED) is 0.263. The van der Waals surface area contributed by atoms with E-state index < -0.39 is 23.5 Å². The summed E-state index contributed by atoms with van der Waals surface area (Å²) >= 11 is 1.26. The van der Waals surface area contributed by atoms with E-state index >= 15 is 0 Å². The minimum atomic E-state index is -0.947. The number of thiazole rings is 1. The van der Waals surface area contributed by atoms with Crippen molar-refractivity contribution >= 4 is 44.5 Å². The van der Waals surface area contributed by atoms with Crippen LogP contribution in [0.3, 0.4) is 0 Å². The summed E-state index contributed by atoms with van der Waals surface area (Å²) < 4.78 is 17.3. The third-order valence-corrected chi connectivity index (χ3v) is 7.31. The van der Waals surface area contributed by atoms with Crippen LogP contribution < -0.4 is 19.1 Å². The second-order valence-electron chi connectivity index (χ2n) is 8.62. The van der Waals surface area contributed by atoms with Crippen LogP contribution >= 0.6 is 11.3 Å². The molecule has 4 aromatic rings. The molecule has 1 N–H and O–H groups in total. The Balaban J connectivity index is 1.63. The number of nitrogens with zero attached hydrogens (tertiary/aromatic N) is 2. The molecule has 1 aliphatic rings. The van der Waals surface area contributed by atoms with E-state index in [0.29, 0.717) is 40.1 Å². The molecule has 1 amide bonds. The van der Waals surface area contributed by atoms with E-state index in [1.807, 2.05) is 43.3 Å². The Labute approximate surface area is 229 Å². The number of aliphatic hydroxyl groups is 1. The number of amides is 1. The number of hydrogen-bond acceptors (Lipinski definition) is 8. The molecule has 0 saturated heterocycles. The topological polar surface area (TPSA) is 98.2 Å². The maximum absolute atomic E-state index is 13.5. The minimum Gasteiger partial charge on any atom is -0.503 e. The number of methoxy groups -OCH3 is 2. The molecule has 0 fully saturated rings. The van der Waals surface area contributed by atoms with Crippen LogP contribution in [-0.4, -0.2) is 42.6 Å². The molecule has 0 saturated carbocycles. The Kier molecular flexibility index (Phi) is 7.33. The molecule has 39 heavy (non-hydrogen) atoms. The standard InChI is InChI=1S/C30H26N2O6S/c1-4-38-23-15-11-19(16-24(23)37-3)27-26(22(33)14-10-18-8-6-5-7-9-18)28(34)29(35)32(27)30-31-21-13-12-20(36-2)17-25(21)39-30/h5-17,27,34H,4H2,1-3H3. The molecule has 8 nitrogen and oxygen atoms in total. The van der Waals surface area contributed by atoms with Crippen molar-refractivity contribution in [2.75, 3.05) is 25.7 Å². The van der Waals surface area contributed by atoms with E-state index in [1.54, 1.807) is 43.5 Å². The second kappa shape index (κ2) is 11.0. The Morgan fingerprint density at radius 2 is 1.85 bits per heavy atom. The van der Waals surface area contributed by atoms with Crippen molar-refractivity contribution in [3.63, 3.8) is 0 Å². The molecule has 3 aromatic carbocycles. The molecule has 5 rings (SSSR count). The highest BCUT2D eigenvalue weighted by atomic mass is 32.1. The first kappa shape index (κ1) is 26.0. The van der Waals surface area contributed by atoms with Gasteiger partial charge in [0, 0.05) is 0 Å². The molecule has 9 heteroatoms. The van der Waals surface area contributed by atoms with Crippen LogP contribution in [0, 0.1) is 0 Å². The number of benzene rings is 3. The number of ketones is 1. The van der Waals surface area contributed by atoms with Crippen molar-refractivity contribution in [3.05, 3.63) is 95.3 Å². The van der Waals surface area contributed by atoms with Gasteiger partial charge in [0.15, 0.2) is 28.2 Å². The van der Waals surface area contributed by atoms with Gasteiger partial charge in [0.2, 0.25) is 0 Å². The Morgan fingerprint density at radius 1 is 1.05 bits per heavy atom. The lowest BCUT2D eigenvalue weighted by Crippen LogP contribution is -2.30. The number of aromatic nitrogens is 1. The summed E-state index contributed by atoms with van der Waals surface area (Å²) in [6.45, 7) is 2.30. The van der Waals surface area contributed by atoms with E-state index in [1.165, 1.54) is 29.4 Å². The molecular weight excluding hydrogens is 516 g/mol. The van der Waals surface area contributed by atoms with Crippen molar-refractivity contribution in [1.82, 2.24) is 4.98 Å². The third kappa shape index (κ3) is 4.96. The number of anilines is 1. The van der Waals surface area contributed by atoms with Gasteiger partial charge in [-0.3, -0.25) is 14.5 Å². The average Bonchev–Trinajstić information content (AvgIpc) is 3.50. The Bertz CT molecular complexity index is 1610.